The molecule has 1 saturated carbocycles. The Morgan fingerprint density at radius 2 is 1.66 bits per heavy atom. The van der Waals surface area contributed by atoms with Crippen LogP contribution in [0.25, 0.3) is 17.2 Å². The zero-order valence-electron chi connectivity index (χ0n) is 39.5. The van der Waals surface area contributed by atoms with E-state index in [9.17, 15) is 28.8 Å². The average Bonchev–Trinajstić information content (AvgIpc) is 3.97. The maximum atomic E-state index is 14.2. The Bertz CT molecular complexity index is 2440. The summed E-state index contributed by atoms with van der Waals surface area (Å²) in [5.41, 5.74) is -0.00260. The molecule has 6 rings (SSSR count). The minimum Gasteiger partial charge on any atom is -0.496 e. The largest absolute Gasteiger partial charge is 0.511 e. The number of hydrogen-bond donors (Lipinski definition) is 4. The number of likely N-dealkylation sites (tertiary alicyclic amines) is 1. The van der Waals surface area contributed by atoms with Crippen molar-refractivity contribution in [2.24, 2.45) is 5.92 Å². The van der Waals surface area contributed by atoms with Gasteiger partial charge in [-0.25, -0.2) is 24.2 Å². The molecule has 1 aromatic heterocycles. The standard InChI is InChI=1S/C48H58N6O14/c1-11-28-20-33(32(21-36(28)61-10)31-18-19-34(42(56)50-22-27-12-13-27)52-38(31)43(57)64-26(4)65-46(60)63-25(2)3)41(55)51-30-16-14-29(15-17-30)40(49)53-44(58)62-24-35-39-37(66-48(8,9)67-39)23-54(35)45(59)68-47(5,6)7/h11,14-21,25-27,35,37,39H,1,12-13,22-24H2,2-10H3,(H,50,56)(H,51,55)(H2,49,53,58)/t26?,35-,37+,39-/m1/s1. The molecule has 4 atom stereocenters. The first-order valence-electron chi connectivity index (χ1n) is 22.1. The number of pyridine rings is 1. The Morgan fingerprint density at radius 1 is 0.956 bits per heavy atom. The first kappa shape index (κ1) is 50.4. The van der Waals surface area contributed by atoms with Crippen LogP contribution in [-0.4, -0.2) is 121 Å². The number of anilines is 1. The van der Waals surface area contributed by atoms with Crippen molar-refractivity contribution in [3.63, 3.8) is 0 Å². The van der Waals surface area contributed by atoms with Gasteiger partial charge in [-0.05, 0) is 116 Å². The number of esters is 1. The van der Waals surface area contributed by atoms with Crippen LogP contribution >= 0.6 is 0 Å². The highest BCUT2D eigenvalue weighted by Crippen LogP contribution is 2.38. The van der Waals surface area contributed by atoms with Crippen LogP contribution in [0.4, 0.5) is 20.1 Å². The van der Waals surface area contributed by atoms with Crippen LogP contribution in [0.15, 0.2) is 55.1 Å². The van der Waals surface area contributed by atoms with Crippen LogP contribution in [0.2, 0.25) is 0 Å². The minimum absolute atomic E-state index is 0.0328. The van der Waals surface area contributed by atoms with Crippen molar-refractivity contribution in [3.8, 4) is 16.9 Å². The smallest absolute Gasteiger partial charge is 0.496 e. The number of aromatic nitrogens is 1. The molecule has 0 spiro atoms. The third-order valence-corrected chi connectivity index (χ3v) is 10.6. The zero-order chi connectivity index (χ0) is 49.7. The fraction of sp³-hybridized carbons (Fsp3) is 0.458. The highest BCUT2D eigenvalue weighted by Gasteiger charge is 2.55. The van der Waals surface area contributed by atoms with Gasteiger partial charge in [0.2, 0.25) is 6.29 Å². The molecule has 0 bridgehead atoms. The van der Waals surface area contributed by atoms with E-state index in [1.54, 1.807) is 48.5 Å². The number of rotatable bonds is 15. The molecule has 2 aliphatic heterocycles. The first-order valence-corrected chi connectivity index (χ1v) is 22.1. The van der Waals surface area contributed by atoms with Gasteiger partial charge in [0.05, 0.1) is 25.8 Å². The number of carbonyl (C=O) groups excluding carboxylic acids is 6. The molecule has 20 heteroatoms. The Labute approximate surface area is 393 Å². The normalized spacial score (nSPS) is 18.6. The predicted octanol–water partition coefficient (Wildman–Crippen LogP) is 7.05. The van der Waals surface area contributed by atoms with Crippen molar-refractivity contribution in [3.05, 3.63) is 83.2 Å². The van der Waals surface area contributed by atoms with E-state index in [1.807, 2.05) is 0 Å². The van der Waals surface area contributed by atoms with Gasteiger partial charge in [-0.15, -0.1) is 0 Å². The van der Waals surface area contributed by atoms with Gasteiger partial charge in [-0.2, -0.15) is 0 Å². The Kier molecular flexibility index (Phi) is 15.4. The molecule has 0 radical (unpaired) electrons. The molecular formula is C48H58N6O14. The van der Waals surface area contributed by atoms with Gasteiger partial charge >= 0.3 is 24.3 Å². The molecule has 2 saturated heterocycles. The van der Waals surface area contributed by atoms with Gasteiger partial charge in [0.15, 0.2) is 11.5 Å². The highest BCUT2D eigenvalue weighted by atomic mass is 16.8. The number of benzene rings is 2. The molecule has 3 aliphatic rings. The molecular weight excluding hydrogens is 885 g/mol. The Balaban J connectivity index is 1.19. The van der Waals surface area contributed by atoms with Crippen LogP contribution in [0.5, 0.6) is 5.75 Å². The summed E-state index contributed by atoms with van der Waals surface area (Å²) in [6.07, 6.45) is -2.18. The average molecular weight is 943 g/mol. The van der Waals surface area contributed by atoms with Gasteiger partial charge in [0.1, 0.15) is 41.7 Å². The van der Waals surface area contributed by atoms with Crippen molar-refractivity contribution < 1.29 is 66.7 Å². The van der Waals surface area contributed by atoms with Crippen LogP contribution in [0.1, 0.15) is 111 Å². The van der Waals surface area contributed by atoms with E-state index >= 15 is 0 Å². The molecule has 1 aliphatic carbocycles. The molecule has 3 heterocycles. The van der Waals surface area contributed by atoms with E-state index in [2.05, 4.69) is 27.5 Å². The van der Waals surface area contributed by atoms with Gasteiger partial charge in [-0.1, -0.05) is 12.7 Å². The second-order valence-electron chi connectivity index (χ2n) is 18.1. The quantitative estimate of drug-likeness (QED) is 0.0392. The van der Waals surface area contributed by atoms with Crippen LogP contribution < -0.4 is 20.7 Å². The number of amidine groups is 1. The SMILES string of the molecule is C=Cc1cc(C(=O)Nc2ccc(C(=N)NC(=O)OC[C@@H]3[C@H]4OC(C)(C)O[C@H]4CN3C(=O)OC(C)(C)C)cc2)c(-c2ccc(C(=O)NCC3CC3)nc2C(=O)OC(C)OC(=O)OC(C)C)cc1OC. The number of hydrogen-bond acceptors (Lipinski definition) is 16. The van der Waals surface area contributed by atoms with Crippen LogP contribution in [0, 0.1) is 11.3 Å². The fourth-order valence-electron chi connectivity index (χ4n) is 7.38. The van der Waals surface area contributed by atoms with E-state index in [4.69, 9.17) is 43.3 Å². The summed E-state index contributed by atoms with van der Waals surface area (Å²) in [6, 6.07) is 11.1. The van der Waals surface area contributed by atoms with E-state index in [0.29, 0.717) is 18.0 Å². The highest BCUT2D eigenvalue weighted by molar-refractivity contribution is 6.11. The summed E-state index contributed by atoms with van der Waals surface area (Å²) < 4.78 is 44.2. The fourth-order valence-corrected chi connectivity index (χ4v) is 7.38. The third-order valence-electron chi connectivity index (χ3n) is 10.6. The molecule has 4 amide bonds. The second kappa shape index (κ2) is 20.8. The van der Waals surface area contributed by atoms with E-state index in [1.165, 1.54) is 73.5 Å². The number of fused-ring (bicyclic) bond motifs is 1. The molecule has 20 nitrogen and oxygen atoms in total. The third kappa shape index (κ3) is 12.9. The van der Waals surface area contributed by atoms with Crippen molar-refractivity contribution in [2.45, 2.75) is 110 Å². The molecule has 68 heavy (non-hydrogen) atoms. The van der Waals surface area contributed by atoms with E-state index in [0.717, 1.165) is 12.8 Å². The number of nitrogens with one attached hydrogen (secondary N) is 4. The van der Waals surface area contributed by atoms with Crippen molar-refractivity contribution in [1.82, 2.24) is 20.5 Å². The van der Waals surface area contributed by atoms with Crippen molar-refractivity contribution in [1.29, 1.82) is 5.41 Å². The number of ether oxygens (including phenoxy) is 8. The first-order chi connectivity index (χ1) is 32.0. The number of carbonyl (C=O) groups is 6. The van der Waals surface area contributed by atoms with Crippen LogP contribution in [0.3, 0.4) is 0 Å². The van der Waals surface area contributed by atoms with E-state index < -0.39 is 78.2 Å². The van der Waals surface area contributed by atoms with Gasteiger partial charge in [0, 0.05) is 47.0 Å². The molecule has 4 N–H and O–H groups in total. The van der Waals surface area contributed by atoms with Crippen molar-refractivity contribution in [2.75, 3.05) is 32.1 Å². The van der Waals surface area contributed by atoms with Crippen molar-refractivity contribution >= 4 is 53.7 Å². The minimum atomic E-state index is -1.44. The number of alkyl carbamates (subject to hydrolysis) is 1. The lowest BCUT2D eigenvalue weighted by Crippen LogP contribution is -2.47. The number of nitrogens with zero attached hydrogens (tertiary/aromatic N) is 2. The maximum absolute atomic E-state index is 14.2. The van der Waals surface area contributed by atoms with Gasteiger partial charge in [0.25, 0.3) is 11.8 Å². The number of methoxy groups -OCH3 is 1. The molecule has 1 unspecified atom stereocenters. The molecule has 2 aromatic carbocycles. The van der Waals surface area contributed by atoms with Crippen LogP contribution in [-0.2, 0) is 33.2 Å². The second-order valence-corrected chi connectivity index (χ2v) is 18.1. The Hall–Kier alpha value is -7.06. The summed E-state index contributed by atoms with van der Waals surface area (Å²) in [6.45, 7) is 17.5. The Morgan fingerprint density at radius 3 is 2.29 bits per heavy atom. The van der Waals surface area contributed by atoms with Gasteiger partial charge in [-0.3, -0.25) is 25.2 Å². The summed E-state index contributed by atoms with van der Waals surface area (Å²) in [7, 11) is 1.42. The molecule has 364 valence electrons. The maximum Gasteiger partial charge on any atom is 0.511 e. The predicted molar refractivity (Wildman–Crippen MR) is 245 cm³/mol. The lowest BCUT2D eigenvalue weighted by Gasteiger charge is -2.31. The number of amides is 4. The summed E-state index contributed by atoms with van der Waals surface area (Å²) in [4.78, 5) is 85.3. The lowest BCUT2D eigenvalue weighted by molar-refractivity contribution is -0.162. The monoisotopic (exact) mass is 942 g/mol. The molecule has 3 aromatic rings. The van der Waals surface area contributed by atoms with E-state index in [-0.39, 0.29) is 64.1 Å². The lowest BCUT2D eigenvalue weighted by atomic mass is 9.94. The molecule has 3 fully saturated rings. The summed E-state index contributed by atoms with van der Waals surface area (Å²) >= 11 is 0. The zero-order valence-corrected chi connectivity index (χ0v) is 39.5. The summed E-state index contributed by atoms with van der Waals surface area (Å²) in [5, 5.41) is 16.6. The summed E-state index contributed by atoms with van der Waals surface area (Å²) in [5.74, 6) is -2.83. The topological polar surface area (TPSA) is 252 Å². The van der Waals surface area contributed by atoms with Gasteiger partial charge < -0.3 is 48.5 Å².